The largest absolute Gasteiger partial charge is 0.474 e. The first-order valence-electron chi connectivity index (χ1n) is 6.12. The Morgan fingerprint density at radius 3 is 2.94 bits per heavy atom. The summed E-state index contributed by atoms with van der Waals surface area (Å²) in [6.45, 7) is 2.01. The minimum absolute atomic E-state index is 0.148. The first-order valence-corrected chi connectivity index (χ1v) is 6.12. The van der Waals surface area contributed by atoms with Crippen molar-refractivity contribution in [1.29, 1.82) is 0 Å². The second-order valence-corrected chi connectivity index (χ2v) is 4.67. The summed E-state index contributed by atoms with van der Waals surface area (Å²) in [6.07, 6.45) is 7.86. The summed E-state index contributed by atoms with van der Waals surface area (Å²) in [5, 5.41) is 0. The smallest absolute Gasteiger partial charge is 0.216 e. The summed E-state index contributed by atoms with van der Waals surface area (Å²) in [5.41, 5.74) is 6.95. The summed E-state index contributed by atoms with van der Waals surface area (Å²) >= 11 is 0. The number of nitrogens with zero attached hydrogens (tertiary/aromatic N) is 1. The van der Waals surface area contributed by atoms with Crippen LogP contribution in [0.5, 0.6) is 5.88 Å². The van der Waals surface area contributed by atoms with Crippen molar-refractivity contribution in [2.45, 2.75) is 51.2 Å². The van der Waals surface area contributed by atoms with Crippen molar-refractivity contribution in [1.82, 2.24) is 4.98 Å². The second-order valence-electron chi connectivity index (χ2n) is 4.67. The van der Waals surface area contributed by atoms with E-state index in [1.165, 1.54) is 12.8 Å². The molecule has 3 nitrogen and oxygen atoms in total. The van der Waals surface area contributed by atoms with Crippen LogP contribution in [0.1, 0.15) is 38.2 Å². The minimum atomic E-state index is 0.148. The Labute approximate surface area is 97.0 Å². The Morgan fingerprint density at radius 1 is 1.50 bits per heavy atom. The van der Waals surface area contributed by atoms with E-state index in [0.717, 1.165) is 30.7 Å². The van der Waals surface area contributed by atoms with Crippen molar-refractivity contribution in [2.75, 3.05) is 0 Å². The maximum atomic E-state index is 5.94. The lowest BCUT2D eigenvalue weighted by Crippen LogP contribution is -2.20. The van der Waals surface area contributed by atoms with Gasteiger partial charge in [-0.2, -0.15) is 0 Å². The van der Waals surface area contributed by atoms with Crippen LogP contribution in [-0.4, -0.2) is 17.1 Å². The predicted molar refractivity (Wildman–Crippen MR) is 64.5 cm³/mol. The molecule has 0 spiro atoms. The molecule has 1 unspecified atom stereocenters. The average molecular weight is 220 g/mol. The van der Waals surface area contributed by atoms with E-state index in [9.17, 15) is 0 Å². The van der Waals surface area contributed by atoms with Gasteiger partial charge in [0.2, 0.25) is 5.88 Å². The van der Waals surface area contributed by atoms with Gasteiger partial charge >= 0.3 is 0 Å². The maximum absolute atomic E-state index is 5.94. The van der Waals surface area contributed by atoms with Crippen molar-refractivity contribution < 1.29 is 4.74 Å². The molecule has 1 atom stereocenters. The van der Waals surface area contributed by atoms with Crippen molar-refractivity contribution in [3.63, 3.8) is 0 Å². The first-order chi connectivity index (χ1) is 7.75. The monoisotopic (exact) mass is 220 g/mol. The molecular weight excluding hydrogens is 200 g/mol. The molecule has 1 saturated carbocycles. The summed E-state index contributed by atoms with van der Waals surface area (Å²) in [7, 11) is 0. The number of nitrogens with two attached hydrogens (primary N) is 1. The number of rotatable bonds is 4. The van der Waals surface area contributed by atoms with Crippen LogP contribution in [-0.2, 0) is 6.42 Å². The van der Waals surface area contributed by atoms with Gasteiger partial charge in [-0.3, -0.25) is 0 Å². The maximum Gasteiger partial charge on any atom is 0.216 e. The van der Waals surface area contributed by atoms with Crippen LogP contribution in [0.4, 0.5) is 0 Å². The fourth-order valence-electron chi connectivity index (χ4n) is 2.20. The van der Waals surface area contributed by atoms with E-state index in [0.29, 0.717) is 6.10 Å². The van der Waals surface area contributed by atoms with E-state index < -0.39 is 0 Å². The predicted octanol–water partition coefficient (Wildman–Crippen LogP) is 2.29. The van der Waals surface area contributed by atoms with E-state index in [4.69, 9.17) is 10.5 Å². The summed E-state index contributed by atoms with van der Waals surface area (Å²) in [6, 6.07) is 4.15. The SMILES string of the molecule is CC(N)Cc1cccnc1OC1CCCC1. The van der Waals surface area contributed by atoms with Crippen LogP contribution in [0.3, 0.4) is 0 Å². The molecule has 1 aromatic heterocycles. The van der Waals surface area contributed by atoms with Gasteiger partial charge in [0.05, 0.1) is 0 Å². The lowest BCUT2D eigenvalue weighted by molar-refractivity contribution is 0.199. The van der Waals surface area contributed by atoms with E-state index in [-0.39, 0.29) is 6.04 Å². The number of hydrogen-bond acceptors (Lipinski definition) is 3. The van der Waals surface area contributed by atoms with E-state index in [1.807, 2.05) is 13.0 Å². The molecule has 3 heteroatoms. The summed E-state index contributed by atoms with van der Waals surface area (Å²) in [4.78, 5) is 4.32. The van der Waals surface area contributed by atoms with Crippen LogP contribution < -0.4 is 10.5 Å². The standard InChI is InChI=1S/C13H20N2O/c1-10(14)9-11-5-4-8-15-13(11)16-12-6-2-3-7-12/h4-5,8,10,12H,2-3,6-7,9,14H2,1H3. The Hall–Kier alpha value is -1.09. The van der Waals surface area contributed by atoms with Crippen LogP contribution in [0.25, 0.3) is 0 Å². The first kappa shape index (κ1) is 11.4. The molecule has 0 aromatic carbocycles. The Kier molecular flexibility index (Phi) is 3.78. The molecule has 0 bridgehead atoms. The van der Waals surface area contributed by atoms with Gasteiger partial charge in [-0.25, -0.2) is 4.98 Å². The normalized spacial score (nSPS) is 18.6. The Morgan fingerprint density at radius 2 is 2.25 bits per heavy atom. The number of hydrogen-bond donors (Lipinski definition) is 1. The van der Waals surface area contributed by atoms with Crippen molar-refractivity contribution >= 4 is 0 Å². The molecule has 0 radical (unpaired) electrons. The Balaban J connectivity index is 2.06. The van der Waals surface area contributed by atoms with Gasteiger partial charge in [0.1, 0.15) is 6.10 Å². The quantitative estimate of drug-likeness (QED) is 0.847. The zero-order valence-corrected chi connectivity index (χ0v) is 9.86. The third-order valence-electron chi connectivity index (χ3n) is 2.97. The fourth-order valence-corrected chi connectivity index (χ4v) is 2.20. The van der Waals surface area contributed by atoms with Gasteiger partial charge in [-0.15, -0.1) is 0 Å². The molecule has 0 saturated heterocycles. The van der Waals surface area contributed by atoms with Gasteiger partial charge in [-0.05, 0) is 45.1 Å². The summed E-state index contributed by atoms with van der Waals surface area (Å²) in [5.74, 6) is 0.784. The van der Waals surface area contributed by atoms with Crippen LogP contribution >= 0.6 is 0 Å². The molecule has 88 valence electrons. The topological polar surface area (TPSA) is 48.1 Å². The molecule has 16 heavy (non-hydrogen) atoms. The van der Waals surface area contributed by atoms with Crippen molar-refractivity contribution in [3.8, 4) is 5.88 Å². The lowest BCUT2D eigenvalue weighted by atomic mass is 10.1. The zero-order chi connectivity index (χ0) is 11.4. The molecule has 1 heterocycles. The molecule has 2 N–H and O–H groups in total. The highest BCUT2D eigenvalue weighted by atomic mass is 16.5. The van der Waals surface area contributed by atoms with Crippen molar-refractivity contribution in [3.05, 3.63) is 23.9 Å². The van der Waals surface area contributed by atoms with E-state index in [2.05, 4.69) is 11.1 Å². The van der Waals surface area contributed by atoms with Gasteiger partial charge in [0, 0.05) is 17.8 Å². The molecule has 0 aliphatic heterocycles. The van der Waals surface area contributed by atoms with Gasteiger partial charge in [0.25, 0.3) is 0 Å². The highest BCUT2D eigenvalue weighted by molar-refractivity contribution is 5.26. The number of ether oxygens (including phenoxy) is 1. The highest BCUT2D eigenvalue weighted by Crippen LogP contribution is 2.25. The summed E-state index contributed by atoms with van der Waals surface area (Å²) < 4.78 is 5.94. The van der Waals surface area contributed by atoms with Gasteiger partial charge in [-0.1, -0.05) is 6.07 Å². The van der Waals surface area contributed by atoms with E-state index in [1.54, 1.807) is 6.20 Å². The third-order valence-corrected chi connectivity index (χ3v) is 2.97. The molecule has 0 amide bonds. The van der Waals surface area contributed by atoms with Crippen molar-refractivity contribution in [2.24, 2.45) is 5.73 Å². The van der Waals surface area contributed by atoms with Crippen LogP contribution in [0.15, 0.2) is 18.3 Å². The van der Waals surface area contributed by atoms with E-state index >= 15 is 0 Å². The second kappa shape index (κ2) is 5.30. The van der Waals surface area contributed by atoms with Crippen LogP contribution in [0.2, 0.25) is 0 Å². The average Bonchev–Trinajstić information content (AvgIpc) is 2.73. The highest BCUT2D eigenvalue weighted by Gasteiger charge is 2.18. The number of aromatic nitrogens is 1. The fraction of sp³-hybridized carbons (Fsp3) is 0.615. The van der Waals surface area contributed by atoms with Gasteiger partial charge in [0.15, 0.2) is 0 Å². The molecule has 2 rings (SSSR count). The minimum Gasteiger partial charge on any atom is -0.474 e. The zero-order valence-electron chi connectivity index (χ0n) is 9.86. The molecular formula is C13H20N2O. The molecule has 1 aromatic rings. The number of pyridine rings is 1. The molecule has 1 aliphatic rings. The Bertz CT molecular complexity index is 332. The molecule has 1 fully saturated rings. The molecule has 1 aliphatic carbocycles. The lowest BCUT2D eigenvalue weighted by Gasteiger charge is -2.15. The van der Waals surface area contributed by atoms with Gasteiger partial charge < -0.3 is 10.5 Å². The third kappa shape index (κ3) is 2.95. The van der Waals surface area contributed by atoms with Crippen LogP contribution in [0, 0.1) is 0 Å².